The van der Waals surface area contributed by atoms with Crippen molar-refractivity contribution in [1.29, 1.82) is 0 Å². The first-order valence-corrected chi connectivity index (χ1v) is 5.84. The van der Waals surface area contributed by atoms with Crippen LogP contribution in [-0.4, -0.2) is 20.8 Å². The predicted octanol–water partition coefficient (Wildman–Crippen LogP) is 2.71. The fourth-order valence-corrected chi connectivity index (χ4v) is 2.54. The molecule has 0 unspecified atom stereocenters. The van der Waals surface area contributed by atoms with Crippen LogP contribution in [0, 0.1) is 20.2 Å². The summed E-state index contributed by atoms with van der Waals surface area (Å²) in [5.74, 6) is 0. The predicted molar refractivity (Wildman–Crippen MR) is 72.6 cm³/mol. The fourth-order valence-electron chi connectivity index (χ4n) is 2.54. The molecule has 0 saturated carbocycles. The average molecular weight is 285 g/mol. The van der Waals surface area contributed by atoms with E-state index in [9.17, 15) is 25.4 Å². The van der Waals surface area contributed by atoms with Crippen LogP contribution in [0.15, 0.2) is 41.6 Å². The van der Waals surface area contributed by atoms with Crippen molar-refractivity contribution in [2.75, 3.05) is 0 Å². The quantitative estimate of drug-likeness (QED) is 0.441. The summed E-state index contributed by atoms with van der Waals surface area (Å²) in [7, 11) is 0. The van der Waals surface area contributed by atoms with Crippen LogP contribution >= 0.6 is 0 Å². The molecule has 0 spiro atoms. The largest absolute Gasteiger partial charge is 0.410 e. The summed E-state index contributed by atoms with van der Waals surface area (Å²) >= 11 is 0. The molecule has 8 heteroatoms. The van der Waals surface area contributed by atoms with Gasteiger partial charge in [-0.2, -0.15) is 0 Å². The highest BCUT2D eigenvalue weighted by atomic mass is 16.6. The molecule has 3 rings (SSSR count). The van der Waals surface area contributed by atoms with Crippen LogP contribution in [0.1, 0.15) is 11.1 Å². The zero-order chi connectivity index (χ0) is 15.1. The van der Waals surface area contributed by atoms with Gasteiger partial charge in [0.25, 0.3) is 0 Å². The Hall–Kier alpha value is -3.29. The van der Waals surface area contributed by atoms with Crippen LogP contribution in [0.5, 0.6) is 0 Å². The minimum absolute atomic E-state index is 0.0297. The van der Waals surface area contributed by atoms with Crippen molar-refractivity contribution in [2.45, 2.75) is 0 Å². The summed E-state index contributed by atoms with van der Waals surface area (Å²) in [4.78, 5) is 20.6. The summed E-state index contributed by atoms with van der Waals surface area (Å²) in [5.41, 5.74) is 0.218. The maximum atomic E-state index is 11.3. The van der Waals surface area contributed by atoms with Crippen molar-refractivity contribution in [3.05, 3.63) is 67.8 Å². The molecule has 1 N–H and O–H groups in total. The van der Waals surface area contributed by atoms with Gasteiger partial charge in [-0.25, -0.2) is 0 Å². The Morgan fingerprint density at radius 3 is 2.14 bits per heavy atom. The molecule has 0 fully saturated rings. The Bertz CT molecular complexity index is 829. The number of oxime groups is 1. The summed E-state index contributed by atoms with van der Waals surface area (Å²) in [5, 5.41) is 34.5. The van der Waals surface area contributed by atoms with Gasteiger partial charge in [0, 0.05) is 11.6 Å². The van der Waals surface area contributed by atoms with E-state index >= 15 is 0 Å². The molecule has 2 aromatic rings. The van der Waals surface area contributed by atoms with Crippen LogP contribution in [0.4, 0.5) is 11.4 Å². The van der Waals surface area contributed by atoms with E-state index in [1.807, 2.05) is 0 Å². The van der Waals surface area contributed by atoms with Gasteiger partial charge in [-0.1, -0.05) is 29.4 Å². The molecule has 8 nitrogen and oxygen atoms in total. The van der Waals surface area contributed by atoms with Crippen LogP contribution in [0.2, 0.25) is 0 Å². The maximum Gasteiger partial charge on any atom is 0.356 e. The number of benzene rings is 2. The zero-order valence-electron chi connectivity index (χ0n) is 10.4. The normalized spacial score (nSPS) is 13.8. The third-order valence-electron chi connectivity index (χ3n) is 3.35. The number of fused-ring (bicyclic) bond motifs is 3. The molecule has 0 atom stereocenters. The molecule has 0 radical (unpaired) electrons. The van der Waals surface area contributed by atoms with Gasteiger partial charge >= 0.3 is 11.4 Å². The standard InChI is InChI=1S/C13H7N3O5/c17-14-12-9-4-2-1-3-7(9)8-5-6-10(15(18)19)13(11(8)12)16(20)21/h1-6,17H. The number of nitro groups is 2. The smallest absolute Gasteiger partial charge is 0.356 e. The molecular formula is C13H7N3O5. The summed E-state index contributed by atoms with van der Waals surface area (Å²) < 4.78 is 0. The molecule has 104 valence electrons. The van der Waals surface area contributed by atoms with Crippen molar-refractivity contribution >= 4 is 17.1 Å². The number of rotatable bonds is 2. The molecule has 0 aromatic heterocycles. The van der Waals surface area contributed by atoms with Gasteiger partial charge < -0.3 is 5.21 Å². The first-order chi connectivity index (χ1) is 10.1. The van der Waals surface area contributed by atoms with E-state index in [4.69, 9.17) is 0 Å². The molecular weight excluding hydrogens is 278 g/mol. The minimum Gasteiger partial charge on any atom is -0.410 e. The Kier molecular flexibility index (Phi) is 2.65. The minimum atomic E-state index is -0.825. The fraction of sp³-hybridized carbons (Fsp3) is 0. The lowest BCUT2D eigenvalue weighted by Crippen LogP contribution is -2.05. The molecule has 0 aliphatic heterocycles. The van der Waals surface area contributed by atoms with Gasteiger partial charge in [-0.05, 0) is 17.2 Å². The average Bonchev–Trinajstić information content (AvgIpc) is 2.79. The lowest BCUT2D eigenvalue weighted by atomic mass is 10.0. The molecule has 1 aliphatic carbocycles. The van der Waals surface area contributed by atoms with Gasteiger partial charge in [0.05, 0.1) is 15.4 Å². The lowest BCUT2D eigenvalue weighted by Gasteiger charge is -2.02. The number of nitrogens with zero attached hydrogens (tertiary/aromatic N) is 3. The van der Waals surface area contributed by atoms with E-state index in [0.717, 1.165) is 6.07 Å². The van der Waals surface area contributed by atoms with Gasteiger partial charge in [0.1, 0.15) is 5.71 Å². The monoisotopic (exact) mass is 285 g/mol. The van der Waals surface area contributed by atoms with Crippen molar-refractivity contribution < 1.29 is 15.1 Å². The Morgan fingerprint density at radius 2 is 1.57 bits per heavy atom. The molecule has 0 bridgehead atoms. The van der Waals surface area contributed by atoms with Crippen LogP contribution in [0.25, 0.3) is 11.1 Å². The molecule has 0 amide bonds. The van der Waals surface area contributed by atoms with E-state index in [0.29, 0.717) is 16.7 Å². The first kappa shape index (κ1) is 12.7. The summed E-state index contributed by atoms with van der Waals surface area (Å²) in [6.45, 7) is 0. The third-order valence-corrected chi connectivity index (χ3v) is 3.35. The molecule has 0 heterocycles. The molecule has 21 heavy (non-hydrogen) atoms. The SMILES string of the molecule is O=[N+]([O-])c1ccc2c(c1[N+](=O)[O-])C(=NO)c1ccccc1-2. The molecule has 0 saturated heterocycles. The van der Waals surface area contributed by atoms with Crippen LogP contribution in [0.3, 0.4) is 0 Å². The second-order valence-electron chi connectivity index (χ2n) is 4.36. The highest BCUT2D eigenvalue weighted by Gasteiger charge is 2.38. The van der Waals surface area contributed by atoms with E-state index in [-0.39, 0.29) is 11.3 Å². The van der Waals surface area contributed by atoms with E-state index in [2.05, 4.69) is 5.16 Å². The van der Waals surface area contributed by atoms with Crippen molar-refractivity contribution in [3.63, 3.8) is 0 Å². The summed E-state index contributed by atoms with van der Waals surface area (Å²) in [6.07, 6.45) is 0. The van der Waals surface area contributed by atoms with Gasteiger partial charge in [0.2, 0.25) is 0 Å². The number of hydrogen-bond acceptors (Lipinski definition) is 6. The highest BCUT2D eigenvalue weighted by molar-refractivity contribution is 6.26. The van der Waals surface area contributed by atoms with Crippen molar-refractivity contribution in [2.24, 2.45) is 5.16 Å². The van der Waals surface area contributed by atoms with Gasteiger partial charge in [-0.3, -0.25) is 20.2 Å². The van der Waals surface area contributed by atoms with E-state index in [1.54, 1.807) is 24.3 Å². The second-order valence-corrected chi connectivity index (χ2v) is 4.36. The number of hydrogen-bond donors (Lipinski definition) is 1. The van der Waals surface area contributed by atoms with E-state index in [1.165, 1.54) is 6.07 Å². The Labute approximate surface area is 117 Å². The topological polar surface area (TPSA) is 119 Å². The van der Waals surface area contributed by atoms with E-state index < -0.39 is 21.2 Å². The lowest BCUT2D eigenvalue weighted by molar-refractivity contribution is -0.422. The Morgan fingerprint density at radius 1 is 0.905 bits per heavy atom. The first-order valence-electron chi connectivity index (χ1n) is 5.84. The maximum absolute atomic E-state index is 11.3. The Balaban J connectivity index is 2.45. The second kappa shape index (κ2) is 4.37. The summed E-state index contributed by atoms with van der Waals surface area (Å²) in [6, 6.07) is 9.29. The zero-order valence-corrected chi connectivity index (χ0v) is 10.4. The molecule has 2 aromatic carbocycles. The third kappa shape index (κ3) is 1.66. The van der Waals surface area contributed by atoms with Gasteiger partial charge in [-0.15, -0.1) is 0 Å². The van der Waals surface area contributed by atoms with Crippen molar-refractivity contribution in [3.8, 4) is 11.1 Å². The molecule has 1 aliphatic rings. The van der Waals surface area contributed by atoms with Crippen molar-refractivity contribution in [1.82, 2.24) is 0 Å². The van der Waals surface area contributed by atoms with Gasteiger partial charge in [0.15, 0.2) is 0 Å². The number of nitro benzene ring substituents is 2. The van der Waals surface area contributed by atoms with Crippen LogP contribution in [-0.2, 0) is 0 Å². The highest BCUT2D eigenvalue weighted by Crippen LogP contribution is 2.45. The van der Waals surface area contributed by atoms with Crippen LogP contribution < -0.4 is 0 Å².